The number of hydrogen-bond donors (Lipinski definition) is 1. The summed E-state index contributed by atoms with van der Waals surface area (Å²) >= 11 is 5.83. The van der Waals surface area contributed by atoms with Crippen LogP contribution in [0.5, 0.6) is 5.75 Å². The lowest BCUT2D eigenvalue weighted by Crippen LogP contribution is -2.04. The van der Waals surface area contributed by atoms with Crippen molar-refractivity contribution >= 4 is 17.3 Å². The van der Waals surface area contributed by atoms with Gasteiger partial charge in [0.15, 0.2) is 0 Å². The number of nitrogens with zero attached hydrogens (tertiary/aromatic N) is 1. The first kappa shape index (κ1) is 15.3. The van der Waals surface area contributed by atoms with E-state index in [9.17, 15) is 8.78 Å². The lowest BCUT2D eigenvalue weighted by atomic mass is 10.1. The molecule has 0 aromatic heterocycles. The van der Waals surface area contributed by atoms with Crippen LogP contribution in [-0.2, 0) is 6.61 Å². The van der Waals surface area contributed by atoms with Crippen molar-refractivity contribution in [2.75, 3.05) is 0 Å². The van der Waals surface area contributed by atoms with E-state index in [1.165, 1.54) is 24.3 Å². The number of benzene rings is 2. The third-order valence-electron chi connectivity index (χ3n) is 2.90. The van der Waals surface area contributed by atoms with E-state index in [0.29, 0.717) is 11.1 Å². The number of oxime groups is 1. The number of halogens is 3. The van der Waals surface area contributed by atoms with Crippen molar-refractivity contribution in [2.45, 2.75) is 13.5 Å². The maximum Gasteiger partial charge on any atom is 0.142 e. The van der Waals surface area contributed by atoms with Crippen molar-refractivity contribution in [3.8, 4) is 5.75 Å². The average Bonchev–Trinajstić information content (AvgIpc) is 2.48. The molecule has 0 unspecified atom stereocenters. The largest absolute Gasteiger partial charge is 0.488 e. The fraction of sp³-hybridized carbons (Fsp3) is 0.133. The van der Waals surface area contributed by atoms with Crippen molar-refractivity contribution in [2.24, 2.45) is 5.16 Å². The normalized spacial score (nSPS) is 11.5. The lowest BCUT2D eigenvalue weighted by molar-refractivity contribution is 0.301. The van der Waals surface area contributed by atoms with Gasteiger partial charge in [-0.25, -0.2) is 8.78 Å². The van der Waals surface area contributed by atoms with Gasteiger partial charge in [-0.15, -0.1) is 0 Å². The lowest BCUT2D eigenvalue weighted by Gasteiger charge is -2.12. The molecule has 0 amide bonds. The van der Waals surface area contributed by atoms with Crippen LogP contribution in [0.1, 0.15) is 18.1 Å². The minimum Gasteiger partial charge on any atom is -0.488 e. The van der Waals surface area contributed by atoms with Crippen LogP contribution < -0.4 is 4.74 Å². The summed E-state index contributed by atoms with van der Waals surface area (Å²) < 4.78 is 32.1. The van der Waals surface area contributed by atoms with Crippen molar-refractivity contribution in [3.05, 3.63) is 64.2 Å². The predicted octanol–water partition coefficient (Wildman–Crippen LogP) is 4.40. The first-order valence-corrected chi connectivity index (χ1v) is 6.45. The van der Waals surface area contributed by atoms with E-state index in [1.807, 2.05) is 0 Å². The van der Waals surface area contributed by atoms with Crippen LogP contribution in [0.25, 0.3) is 0 Å². The summed E-state index contributed by atoms with van der Waals surface area (Å²) in [4.78, 5) is 0. The van der Waals surface area contributed by atoms with Gasteiger partial charge in [-0.3, -0.25) is 0 Å². The average molecular weight is 312 g/mol. The zero-order chi connectivity index (χ0) is 15.4. The summed E-state index contributed by atoms with van der Waals surface area (Å²) in [6.45, 7) is 1.51. The highest BCUT2D eigenvalue weighted by molar-refractivity contribution is 6.31. The zero-order valence-electron chi connectivity index (χ0n) is 11.1. The molecule has 0 fully saturated rings. The van der Waals surface area contributed by atoms with E-state index in [1.54, 1.807) is 13.0 Å². The summed E-state index contributed by atoms with van der Waals surface area (Å²) in [5, 5.41) is 11.8. The molecule has 6 heteroatoms. The highest BCUT2D eigenvalue weighted by atomic mass is 35.5. The molecule has 0 saturated heterocycles. The Kier molecular flexibility index (Phi) is 4.75. The molecular weight excluding hydrogens is 300 g/mol. The first-order chi connectivity index (χ1) is 10.0. The zero-order valence-corrected chi connectivity index (χ0v) is 11.9. The van der Waals surface area contributed by atoms with Gasteiger partial charge in [0.25, 0.3) is 0 Å². The third-order valence-corrected chi connectivity index (χ3v) is 3.32. The molecule has 0 saturated carbocycles. The molecule has 0 atom stereocenters. The fourth-order valence-corrected chi connectivity index (χ4v) is 1.96. The van der Waals surface area contributed by atoms with Crippen molar-refractivity contribution in [1.82, 2.24) is 0 Å². The van der Waals surface area contributed by atoms with Crippen LogP contribution in [0.2, 0.25) is 5.02 Å². The summed E-state index contributed by atoms with van der Waals surface area (Å²) in [5.74, 6) is -0.860. The molecule has 2 aromatic carbocycles. The minimum atomic E-state index is -0.551. The topological polar surface area (TPSA) is 41.8 Å². The molecule has 2 rings (SSSR count). The van der Waals surface area contributed by atoms with E-state index < -0.39 is 11.6 Å². The molecule has 1 N–H and O–H groups in total. The van der Waals surface area contributed by atoms with Gasteiger partial charge in [-0.05, 0) is 25.1 Å². The SMILES string of the molecule is C/C(=N/O)c1ccc(F)cc1OCc1cccc(F)c1Cl. The summed E-state index contributed by atoms with van der Waals surface area (Å²) in [6, 6.07) is 8.18. The molecule has 21 heavy (non-hydrogen) atoms. The van der Waals surface area contributed by atoms with Gasteiger partial charge in [0, 0.05) is 17.2 Å². The van der Waals surface area contributed by atoms with Crippen LogP contribution in [0.4, 0.5) is 8.78 Å². The Labute approximate surface area is 125 Å². The predicted molar refractivity (Wildman–Crippen MR) is 76.1 cm³/mol. The molecule has 2 aromatic rings. The molecule has 0 aliphatic rings. The van der Waals surface area contributed by atoms with E-state index in [4.69, 9.17) is 21.5 Å². The Bertz CT molecular complexity index is 689. The second-order valence-corrected chi connectivity index (χ2v) is 4.71. The molecule has 0 spiro atoms. The standard InChI is InChI=1S/C15H12ClF2NO2/c1-9(19-20)12-6-5-11(17)7-14(12)21-8-10-3-2-4-13(18)15(10)16/h2-7,20H,8H2,1H3/b19-9-. The maximum atomic E-state index is 13.3. The molecule has 0 heterocycles. The molecule has 0 aliphatic carbocycles. The molecule has 0 radical (unpaired) electrons. The number of ether oxygens (including phenoxy) is 1. The van der Waals surface area contributed by atoms with E-state index >= 15 is 0 Å². The maximum absolute atomic E-state index is 13.3. The molecule has 110 valence electrons. The van der Waals surface area contributed by atoms with Gasteiger partial charge in [-0.2, -0.15) is 0 Å². The second kappa shape index (κ2) is 6.54. The van der Waals surface area contributed by atoms with Crippen LogP contribution in [0, 0.1) is 11.6 Å². The van der Waals surface area contributed by atoms with Gasteiger partial charge in [0.1, 0.15) is 24.0 Å². The molecule has 3 nitrogen and oxygen atoms in total. The quantitative estimate of drug-likeness (QED) is 0.517. The smallest absolute Gasteiger partial charge is 0.142 e. The summed E-state index contributed by atoms with van der Waals surface area (Å²) in [7, 11) is 0. The van der Waals surface area contributed by atoms with Crippen LogP contribution in [0.3, 0.4) is 0 Å². The van der Waals surface area contributed by atoms with Gasteiger partial charge < -0.3 is 9.94 Å². The monoisotopic (exact) mass is 311 g/mol. The Morgan fingerprint density at radius 2 is 2.05 bits per heavy atom. The summed E-state index contributed by atoms with van der Waals surface area (Å²) in [5.41, 5.74) is 1.15. The van der Waals surface area contributed by atoms with Crippen molar-refractivity contribution in [3.63, 3.8) is 0 Å². The van der Waals surface area contributed by atoms with Crippen LogP contribution >= 0.6 is 11.6 Å². The number of hydrogen-bond acceptors (Lipinski definition) is 3. The minimum absolute atomic E-state index is 0.0360. The molecular formula is C15H12ClF2NO2. The van der Waals surface area contributed by atoms with Gasteiger partial charge in [0.2, 0.25) is 0 Å². The van der Waals surface area contributed by atoms with E-state index in [2.05, 4.69) is 5.16 Å². The Morgan fingerprint density at radius 1 is 1.29 bits per heavy atom. The van der Waals surface area contributed by atoms with Gasteiger partial charge in [-0.1, -0.05) is 28.9 Å². The van der Waals surface area contributed by atoms with Crippen molar-refractivity contribution < 1.29 is 18.7 Å². The third kappa shape index (κ3) is 3.49. The highest BCUT2D eigenvalue weighted by Crippen LogP contribution is 2.25. The van der Waals surface area contributed by atoms with Crippen LogP contribution in [0.15, 0.2) is 41.6 Å². The first-order valence-electron chi connectivity index (χ1n) is 6.07. The Morgan fingerprint density at radius 3 is 2.76 bits per heavy atom. The van der Waals surface area contributed by atoms with Crippen molar-refractivity contribution in [1.29, 1.82) is 0 Å². The summed E-state index contributed by atoms with van der Waals surface area (Å²) in [6.07, 6.45) is 0. The Hall–Kier alpha value is -2.14. The van der Waals surface area contributed by atoms with Gasteiger partial charge >= 0.3 is 0 Å². The highest BCUT2D eigenvalue weighted by Gasteiger charge is 2.11. The second-order valence-electron chi connectivity index (χ2n) is 4.33. The fourth-order valence-electron chi connectivity index (χ4n) is 1.78. The number of rotatable bonds is 4. The van der Waals surface area contributed by atoms with E-state index in [0.717, 1.165) is 6.07 Å². The van der Waals surface area contributed by atoms with Crippen LogP contribution in [-0.4, -0.2) is 10.9 Å². The van der Waals surface area contributed by atoms with Gasteiger partial charge in [0.05, 0.1) is 10.7 Å². The van der Waals surface area contributed by atoms with E-state index in [-0.39, 0.29) is 23.1 Å². The Balaban J connectivity index is 2.27. The molecule has 0 aliphatic heterocycles. The molecule has 0 bridgehead atoms.